The van der Waals surface area contributed by atoms with Crippen LogP contribution in [0.2, 0.25) is 5.02 Å². The SMILES string of the molecule is O=C(NCc1ccccc1)C1CCCN(S(=O)(=O)c2ccc(Cl)cc2)C1. The molecule has 1 saturated heterocycles. The Balaban J connectivity index is 1.64. The zero-order valence-electron chi connectivity index (χ0n) is 14.3. The topological polar surface area (TPSA) is 66.5 Å². The van der Waals surface area contributed by atoms with E-state index in [1.54, 1.807) is 12.1 Å². The molecular weight excluding hydrogens is 372 g/mol. The molecule has 0 bridgehead atoms. The van der Waals surface area contributed by atoms with E-state index >= 15 is 0 Å². The summed E-state index contributed by atoms with van der Waals surface area (Å²) < 4.78 is 27.0. The van der Waals surface area contributed by atoms with Gasteiger partial charge in [0.25, 0.3) is 0 Å². The fraction of sp³-hybridized carbons (Fsp3) is 0.316. The molecule has 3 rings (SSSR count). The van der Waals surface area contributed by atoms with Gasteiger partial charge in [-0.3, -0.25) is 4.79 Å². The van der Waals surface area contributed by atoms with Crippen molar-refractivity contribution in [2.45, 2.75) is 24.3 Å². The highest BCUT2D eigenvalue weighted by Crippen LogP contribution is 2.25. The maximum atomic E-state index is 12.8. The molecule has 0 spiro atoms. The van der Waals surface area contributed by atoms with Gasteiger partial charge < -0.3 is 5.32 Å². The van der Waals surface area contributed by atoms with Crippen LogP contribution in [0, 0.1) is 5.92 Å². The number of carbonyl (C=O) groups excluding carboxylic acids is 1. The van der Waals surface area contributed by atoms with Crippen molar-refractivity contribution < 1.29 is 13.2 Å². The number of carbonyl (C=O) groups is 1. The zero-order chi connectivity index (χ0) is 18.6. The lowest BCUT2D eigenvalue weighted by molar-refractivity contribution is -0.126. The summed E-state index contributed by atoms with van der Waals surface area (Å²) in [5.41, 5.74) is 1.02. The fourth-order valence-corrected chi connectivity index (χ4v) is 4.71. The predicted molar refractivity (Wildman–Crippen MR) is 101 cm³/mol. The zero-order valence-corrected chi connectivity index (χ0v) is 15.8. The van der Waals surface area contributed by atoms with Crippen LogP contribution < -0.4 is 5.32 Å². The van der Waals surface area contributed by atoms with E-state index in [1.807, 2.05) is 30.3 Å². The molecule has 7 heteroatoms. The Bertz CT molecular complexity index is 854. The van der Waals surface area contributed by atoms with Gasteiger partial charge in [0, 0.05) is 24.7 Å². The lowest BCUT2D eigenvalue weighted by Gasteiger charge is -2.31. The molecule has 2 aromatic rings. The molecule has 1 fully saturated rings. The van der Waals surface area contributed by atoms with Gasteiger partial charge in [-0.1, -0.05) is 41.9 Å². The summed E-state index contributed by atoms with van der Waals surface area (Å²) in [6.07, 6.45) is 1.35. The molecule has 26 heavy (non-hydrogen) atoms. The van der Waals surface area contributed by atoms with Gasteiger partial charge in [-0.25, -0.2) is 8.42 Å². The first-order chi connectivity index (χ1) is 12.5. The summed E-state index contributed by atoms with van der Waals surface area (Å²) in [6, 6.07) is 15.8. The molecule has 1 N–H and O–H groups in total. The molecule has 2 aromatic carbocycles. The number of halogens is 1. The van der Waals surface area contributed by atoms with Crippen LogP contribution in [0.15, 0.2) is 59.5 Å². The Kier molecular flexibility index (Phi) is 5.96. The van der Waals surface area contributed by atoms with Crippen LogP contribution in [0.4, 0.5) is 0 Å². The quantitative estimate of drug-likeness (QED) is 0.850. The molecule has 0 saturated carbocycles. The Morgan fingerprint density at radius 1 is 1.12 bits per heavy atom. The van der Waals surface area contributed by atoms with E-state index in [0.717, 1.165) is 5.56 Å². The van der Waals surface area contributed by atoms with Crippen LogP contribution in [0.1, 0.15) is 18.4 Å². The van der Waals surface area contributed by atoms with E-state index in [2.05, 4.69) is 5.32 Å². The average molecular weight is 393 g/mol. The maximum Gasteiger partial charge on any atom is 0.243 e. The molecule has 1 amide bonds. The number of nitrogens with one attached hydrogen (secondary N) is 1. The van der Waals surface area contributed by atoms with Gasteiger partial charge >= 0.3 is 0 Å². The highest BCUT2D eigenvalue weighted by Gasteiger charge is 2.33. The van der Waals surface area contributed by atoms with Crippen LogP contribution in [0.3, 0.4) is 0 Å². The number of nitrogens with zero attached hydrogens (tertiary/aromatic N) is 1. The van der Waals surface area contributed by atoms with Gasteiger partial charge in [0.1, 0.15) is 0 Å². The van der Waals surface area contributed by atoms with Gasteiger partial charge in [-0.15, -0.1) is 0 Å². The van der Waals surface area contributed by atoms with Crippen LogP contribution in [0.5, 0.6) is 0 Å². The highest BCUT2D eigenvalue weighted by molar-refractivity contribution is 7.89. The Morgan fingerprint density at radius 2 is 1.81 bits per heavy atom. The van der Waals surface area contributed by atoms with Crippen molar-refractivity contribution in [3.05, 3.63) is 65.2 Å². The minimum absolute atomic E-state index is 0.107. The number of amides is 1. The molecule has 1 aliphatic rings. The number of piperidine rings is 1. The van der Waals surface area contributed by atoms with Crippen molar-refractivity contribution in [3.8, 4) is 0 Å². The monoisotopic (exact) mass is 392 g/mol. The minimum atomic E-state index is -3.62. The molecule has 0 aromatic heterocycles. The molecule has 0 aliphatic carbocycles. The minimum Gasteiger partial charge on any atom is -0.352 e. The summed E-state index contributed by atoms with van der Waals surface area (Å²) in [4.78, 5) is 12.7. The second-order valence-corrected chi connectivity index (χ2v) is 8.73. The lowest BCUT2D eigenvalue weighted by Crippen LogP contribution is -2.45. The van der Waals surface area contributed by atoms with Crippen molar-refractivity contribution in [1.82, 2.24) is 9.62 Å². The fourth-order valence-electron chi connectivity index (χ4n) is 3.06. The molecule has 1 unspecified atom stereocenters. The van der Waals surface area contributed by atoms with Crippen LogP contribution in [0.25, 0.3) is 0 Å². The maximum absolute atomic E-state index is 12.8. The summed E-state index contributed by atoms with van der Waals surface area (Å²) in [6.45, 7) is 1.07. The number of hydrogen-bond acceptors (Lipinski definition) is 3. The third-order valence-electron chi connectivity index (χ3n) is 4.52. The first-order valence-corrected chi connectivity index (χ1v) is 10.4. The van der Waals surface area contributed by atoms with Gasteiger partial charge in [-0.2, -0.15) is 4.31 Å². The number of hydrogen-bond donors (Lipinski definition) is 1. The number of benzene rings is 2. The summed E-state index contributed by atoms with van der Waals surface area (Å²) in [5.74, 6) is -0.445. The van der Waals surface area contributed by atoms with E-state index < -0.39 is 10.0 Å². The third-order valence-corrected chi connectivity index (χ3v) is 6.65. The van der Waals surface area contributed by atoms with Crippen molar-refractivity contribution in [1.29, 1.82) is 0 Å². The second kappa shape index (κ2) is 8.20. The normalized spacial score (nSPS) is 18.4. The van der Waals surface area contributed by atoms with Crippen molar-refractivity contribution >= 4 is 27.5 Å². The molecule has 1 heterocycles. The van der Waals surface area contributed by atoms with E-state index in [1.165, 1.54) is 16.4 Å². The van der Waals surface area contributed by atoms with Gasteiger partial charge in [-0.05, 0) is 42.7 Å². The standard InChI is InChI=1S/C19H21ClN2O3S/c20-17-8-10-18(11-9-17)26(24,25)22-12-4-7-16(14-22)19(23)21-13-15-5-2-1-3-6-15/h1-3,5-6,8-11,16H,4,7,12-14H2,(H,21,23). The van der Waals surface area contributed by atoms with Crippen molar-refractivity contribution in [2.75, 3.05) is 13.1 Å². The van der Waals surface area contributed by atoms with Crippen LogP contribution >= 0.6 is 11.6 Å². The predicted octanol–water partition coefficient (Wildman–Crippen LogP) is 3.06. The van der Waals surface area contributed by atoms with Crippen LogP contribution in [-0.4, -0.2) is 31.7 Å². The van der Waals surface area contributed by atoms with E-state index in [-0.39, 0.29) is 23.3 Å². The average Bonchev–Trinajstić information content (AvgIpc) is 2.67. The molecule has 1 aliphatic heterocycles. The van der Waals surface area contributed by atoms with Crippen molar-refractivity contribution in [3.63, 3.8) is 0 Å². The van der Waals surface area contributed by atoms with E-state index in [4.69, 9.17) is 11.6 Å². The van der Waals surface area contributed by atoms with E-state index in [9.17, 15) is 13.2 Å². The molecule has 5 nitrogen and oxygen atoms in total. The van der Waals surface area contributed by atoms with Gasteiger partial charge in [0.2, 0.25) is 15.9 Å². The first-order valence-electron chi connectivity index (χ1n) is 8.54. The molecular formula is C19H21ClN2O3S. The van der Waals surface area contributed by atoms with Gasteiger partial charge in [0.15, 0.2) is 0 Å². The summed E-state index contributed by atoms with van der Waals surface area (Å²) in [7, 11) is -3.62. The Labute approximate surface area is 159 Å². The third kappa shape index (κ3) is 4.44. The molecule has 0 radical (unpaired) electrons. The van der Waals surface area contributed by atoms with Gasteiger partial charge in [0.05, 0.1) is 10.8 Å². The highest BCUT2D eigenvalue weighted by atomic mass is 35.5. The number of sulfonamides is 1. The Hall–Kier alpha value is -1.89. The van der Waals surface area contributed by atoms with E-state index in [0.29, 0.717) is 31.0 Å². The summed E-state index contributed by atoms with van der Waals surface area (Å²) in [5, 5.41) is 3.40. The van der Waals surface area contributed by atoms with Crippen LogP contribution in [-0.2, 0) is 21.4 Å². The summed E-state index contributed by atoms with van der Waals surface area (Å²) >= 11 is 5.84. The Morgan fingerprint density at radius 3 is 2.50 bits per heavy atom. The van der Waals surface area contributed by atoms with Crippen molar-refractivity contribution in [2.24, 2.45) is 5.92 Å². The largest absolute Gasteiger partial charge is 0.352 e. The second-order valence-electron chi connectivity index (χ2n) is 6.36. The number of rotatable bonds is 5. The smallest absolute Gasteiger partial charge is 0.243 e. The lowest BCUT2D eigenvalue weighted by atomic mass is 9.99. The molecule has 138 valence electrons. The first kappa shape index (κ1) is 18.9. The molecule has 1 atom stereocenters.